The summed E-state index contributed by atoms with van der Waals surface area (Å²) in [6, 6.07) is 4.18. The number of aryl methyl sites for hydroxylation is 2. The maximum atomic E-state index is 5.36. The average Bonchev–Trinajstić information content (AvgIpc) is 2.17. The molecular formula is C12H19NO. The van der Waals surface area contributed by atoms with Crippen LogP contribution in [0.4, 0.5) is 0 Å². The molecule has 0 saturated heterocycles. The Kier molecular flexibility index (Phi) is 3.64. The van der Waals surface area contributed by atoms with E-state index < -0.39 is 0 Å². The highest BCUT2D eigenvalue weighted by Gasteiger charge is 2.15. The van der Waals surface area contributed by atoms with Crippen molar-refractivity contribution in [1.82, 2.24) is 4.98 Å². The van der Waals surface area contributed by atoms with Crippen LogP contribution in [0.15, 0.2) is 18.3 Å². The second kappa shape index (κ2) is 4.56. The Bertz CT molecular complexity index is 277. The van der Waals surface area contributed by atoms with Crippen molar-refractivity contribution < 1.29 is 4.74 Å². The third kappa shape index (κ3) is 3.46. The third-order valence-electron chi connectivity index (χ3n) is 2.51. The minimum atomic E-state index is -0.0490. The normalized spacial score (nSPS) is 11.7. The standard InChI is InChI=1S/C12H19NO/c1-10-5-6-11(13-9-10)7-8-12(2,3)14-4/h5-6,9H,7-8H2,1-4H3. The number of hydrogen-bond acceptors (Lipinski definition) is 2. The summed E-state index contributed by atoms with van der Waals surface area (Å²) in [7, 11) is 1.75. The van der Waals surface area contributed by atoms with Crippen LogP contribution in [0.2, 0.25) is 0 Å². The number of rotatable bonds is 4. The highest BCUT2D eigenvalue weighted by Crippen LogP contribution is 2.15. The zero-order valence-electron chi connectivity index (χ0n) is 9.50. The molecule has 0 atom stereocenters. The quantitative estimate of drug-likeness (QED) is 0.733. The topological polar surface area (TPSA) is 22.1 Å². The highest BCUT2D eigenvalue weighted by molar-refractivity contribution is 5.12. The van der Waals surface area contributed by atoms with Gasteiger partial charge in [0.1, 0.15) is 0 Å². The van der Waals surface area contributed by atoms with Gasteiger partial charge in [-0.15, -0.1) is 0 Å². The van der Waals surface area contributed by atoms with Crippen LogP contribution in [0.3, 0.4) is 0 Å². The molecular weight excluding hydrogens is 174 g/mol. The fraction of sp³-hybridized carbons (Fsp3) is 0.583. The number of aromatic nitrogens is 1. The molecule has 0 radical (unpaired) electrons. The molecule has 78 valence electrons. The summed E-state index contributed by atoms with van der Waals surface area (Å²) in [5.74, 6) is 0. The molecule has 0 aliphatic carbocycles. The molecule has 0 aliphatic heterocycles. The van der Waals surface area contributed by atoms with Gasteiger partial charge < -0.3 is 4.74 Å². The van der Waals surface area contributed by atoms with Gasteiger partial charge >= 0.3 is 0 Å². The number of pyridine rings is 1. The van der Waals surface area contributed by atoms with Crippen LogP contribution in [0.5, 0.6) is 0 Å². The maximum absolute atomic E-state index is 5.36. The molecule has 0 unspecified atom stereocenters. The molecule has 0 fully saturated rings. The summed E-state index contributed by atoms with van der Waals surface area (Å²) in [6.07, 6.45) is 3.88. The van der Waals surface area contributed by atoms with E-state index in [-0.39, 0.29) is 5.60 Å². The van der Waals surface area contributed by atoms with E-state index in [1.165, 1.54) is 5.56 Å². The van der Waals surface area contributed by atoms with Crippen molar-refractivity contribution in [2.24, 2.45) is 0 Å². The molecule has 0 amide bonds. The molecule has 14 heavy (non-hydrogen) atoms. The van der Waals surface area contributed by atoms with Gasteiger partial charge in [0, 0.05) is 19.0 Å². The van der Waals surface area contributed by atoms with Crippen molar-refractivity contribution >= 4 is 0 Å². The first-order valence-corrected chi connectivity index (χ1v) is 5.00. The Labute approximate surface area is 86.3 Å². The summed E-state index contributed by atoms with van der Waals surface area (Å²) in [5, 5.41) is 0. The van der Waals surface area contributed by atoms with Crippen molar-refractivity contribution in [2.45, 2.75) is 39.2 Å². The lowest BCUT2D eigenvalue weighted by Gasteiger charge is -2.22. The fourth-order valence-corrected chi connectivity index (χ4v) is 1.18. The first kappa shape index (κ1) is 11.2. The van der Waals surface area contributed by atoms with Gasteiger partial charge in [0.15, 0.2) is 0 Å². The second-order valence-corrected chi connectivity index (χ2v) is 4.29. The van der Waals surface area contributed by atoms with E-state index >= 15 is 0 Å². The molecule has 1 heterocycles. The highest BCUT2D eigenvalue weighted by atomic mass is 16.5. The molecule has 0 N–H and O–H groups in total. The predicted octanol–water partition coefficient (Wildman–Crippen LogP) is 2.75. The molecule has 2 nitrogen and oxygen atoms in total. The van der Waals surface area contributed by atoms with Gasteiger partial charge in [0.2, 0.25) is 0 Å². The zero-order chi connectivity index (χ0) is 10.6. The first-order chi connectivity index (χ1) is 6.53. The number of methoxy groups -OCH3 is 1. The molecule has 1 aromatic heterocycles. The number of nitrogens with zero attached hydrogens (tertiary/aromatic N) is 1. The van der Waals surface area contributed by atoms with E-state index in [1.807, 2.05) is 6.20 Å². The van der Waals surface area contributed by atoms with Crippen molar-refractivity contribution in [3.05, 3.63) is 29.6 Å². The van der Waals surface area contributed by atoms with Gasteiger partial charge in [-0.05, 0) is 45.2 Å². The second-order valence-electron chi connectivity index (χ2n) is 4.29. The molecule has 0 aliphatic rings. The largest absolute Gasteiger partial charge is 0.379 e. The lowest BCUT2D eigenvalue weighted by atomic mass is 10.0. The summed E-state index contributed by atoms with van der Waals surface area (Å²) in [5.41, 5.74) is 2.30. The Morgan fingerprint density at radius 1 is 1.36 bits per heavy atom. The van der Waals surface area contributed by atoms with Gasteiger partial charge in [-0.2, -0.15) is 0 Å². The molecule has 0 spiro atoms. The minimum absolute atomic E-state index is 0.0490. The monoisotopic (exact) mass is 193 g/mol. The average molecular weight is 193 g/mol. The van der Waals surface area contributed by atoms with Gasteiger partial charge in [0.05, 0.1) is 5.60 Å². The summed E-state index contributed by atoms with van der Waals surface area (Å²) in [4.78, 5) is 4.36. The molecule has 1 aromatic rings. The lowest BCUT2D eigenvalue weighted by Crippen LogP contribution is -2.23. The molecule has 0 bridgehead atoms. The predicted molar refractivity (Wildman–Crippen MR) is 58.4 cm³/mol. The molecule has 2 heteroatoms. The fourth-order valence-electron chi connectivity index (χ4n) is 1.18. The molecule has 0 aromatic carbocycles. The van der Waals surface area contributed by atoms with Gasteiger partial charge in [-0.25, -0.2) is 0 Å². The van der Waals surface area contributed by atoms with E-state index in [2.05, 4.69) is 37.9 Å². The Hall–Kier alpha value is -0.890. The van der Waals surface area contributed by atoms with Gasteiger partial charge in [0.25, 0.3) is 0 Å². The number of hydrogen-bond donors (Lipinski definition) is 0. The van der Waals surface area contributed by atoms with Crippen LogP contribution in [0, 0.1) is 6.92 Å². The van der Waals surface area contributed by atoms with E-state index in [9.17, 15) is 0 Å². The zero-order valence-corrected chi connectivity index (χ0v) is 9.50. The van der Waals surface area contributed by atoms with Crippen LogP contribution in [-0.2, 0) is 11.2 Å². The summed E-state index contributed by atoms with van der Waals surface area (Å²) < 4.78 is 5.36. The molecule has 0 saturated carbocycles. The lowest BCUT2D eigenvalue weighted by molar-refractivity contribution is 0.0156. The Balaban J connectivity index is 2.50. The van der Waals surface area contributed by atoms with Crippen molar-refractivity contribution in [3.8, 4) is 0 Å². The maximum Gasteiger partial charge on any atom is 0.0626 e. The van der Waals surface area contributed by atoms with Crippen molar-refractivity contribution in [3.63, 3.8) is 0 Å². The van der Waals surface area contributed by atoms with Gasteiger partial charge in [-0.3, -0.25) is 4.98 Å². The Morgan fingerprint density at radius 2 is 2.07 bits per heavy atom. The van der Waals surface area contributed by atoms with Crippen LogP contribution < -0.4 is 0 Å². The smallest absolute Gasteiger partial charge is 0.0626 e. The third-order valence-corrected chi connectivity index (χ3v) is 2.51. The van der Waals surface area contributed by atoms with Crippen LogP contribution in [-0.4, -0.2) is 17.7 Å². The molecule has 1 rings (SSSR count). The van der Waals surface area contributed by atoms with Crippen molar-refractivity contribution in [2.75, 3.05) is 7.11 Å². The van der Waals surface area contributed by atoms with E-state index in [4.69, 9.17) is 4.74 Å². The SMILES string of the molecule is COC(C)(C)CCc1ccc(C)cn1. The van der Waals surface area contributed by atoms with Gasteiger partial charge in [-0.1, -0.05) is 6.07 Å². The van der Waals surface area contributed by atoms with Crippen molar-refractivity contribution in [1.29, 1.82) is 0 Å². The summed E-state index contributed by atoms with van der Waals surface area (Å²) in [6.45, 7) is 6.25. The van der Waals surface area contributed by atoms with E-state index in [0.29, 0.717) is 0 Å². The van der Waals surface area contributed by atoms with E-state index in [0.717, 1.165) is 18.5 Å². The first-order valence-electron chi connectivity index (χ1n) is 5.00. The van der Waals surface area contributed by atoms with Crippen LogP contribution in [0.25, 0.3) is 0 Å². The van der Waals surface area contributed by atoms with Crippen LogP contribution in [0.1, 0.15) is 31.5 Å². The van der Waals surface area contributed by atoms with Crippen LogP contribution >= 0.6 is 0 Å². The minimum Gasteiger partial charge on any atom is -0.379 e. The Morgan fingerprint density at radius 3 is 2.57 bits per heavy atom. The van der Waals surface area contributed by atoms with E-state index in [1.54, 1.807) is 7.11 Å². The number of ether oxygens (including phenoxy) is 1. The summed E-state index contributed by atoms with van der Waals surface area (Å²) >= 11 is 0.